The van der Waals surface area contributed by atoms with Crippen molar-refractivity contribution < 1.29 is 0 Å². The molecule has 0 aromatic carbocycles. The van der Waals surface area contributed by atoms with Gasteiger partial charge in [0.1, 0.15) is 0 Å². The first-order valence-electron chi connectivity index (χ1n) is 6.12. The largest absolute Gasteiger partial charge is 0.0882 e. The van der Waals surface area contributed by atoms with E-state index in [1.807, 2.05) is 0 Å². The molecule has 14 heavy (non-hydrogen) atoms. The van der Waals surface area contributed by atoms with Crippen LogP contribution in [-0.2, 0) is 0 Å². The molecule has 0 aromatic rings. The number of allylic oxidation sites excluding steroid dienone is 2. The molecule has 0 heteroatoms. The predicted molar refractivity (Wildman–Crippen MR) is 62.2 cm³/mol. The van der Waals surface area contributed by atoms with Crippen molar-refractivity contribution >= 4 is 0 Å². The summed E-state index contributed by atoms with van der Waals surface area (Å²) in [5.41, 5.74) is 0.989. The molecule has 0 radical (unpaired) electrons. The molecule has 1 fully saturated rings. The van der Waals surface area contributed by atoms with Crippen molar-refractivity contribution in [2.24, 2.45) is 22.7 Å². The second-order valence-corrected chi connectivity index (χ2v) is 6.44. The molecule has 0 nitrogen and oxygen atoms in total. The van der Waals surface area contributed by atoms with Crippen molar-refractivity contribution in [1.82, 2.24) is 0 Å². The SMILES string of the molecule is CC1(C)CCC2CCC=CC2C1(C)C. The average molecular weight is 192 g/mol. The third-order valence-electron chi connectivity index (χ3n) is 5.27. The van der Waals surface area contributed by atoms with E-state index in [1.165, 1.54) is 25.7 Å². The summed E-state index contributed by atoms with van der Waals surface area (Å²) in [6, 6.07) is 0. The van der Waals surface area contributed by atoms with E-state index in [4.69, 9.17) is 0 Å². The molecule has 0 heterocycles. The van der Waals surface area contributed by atoms with Gasteiger partial charge in [0, 0.05) is 0 Å². The molecule has 0 saturated heterocycles. The van der Waals surface area contributed by atoms with Crippen molar-refractivity contribution in [2.75, 3.05) is 0 Å². The second kappa shape index (κ2) is 3.12. The molecular formula is C14H24. The van der Waals surface area contributed by atoms with Crippen molar-refractivity contribution in [2.45, 2.75) is 53.4 Å². The van der Waals surface area contributed by atoms with Crippen LogP contribution in [0.25, 0.3) is 0 Å². The third-order valence-corrected chi connectivity index (χ3v) is 5.27. The van der Waals surface area contributed by atoms with Crippen LogP contribution >= 0.6 is 0 Å². The molecule has 0 amide bonds. The van der Waals surface area contributed by atoms with Crippen molar-refractivity contribution in [3.8, 4) is 0 Å². The Morgan fingerprint density at radius 1 is 1.07 bits per heavy atom. The van der Waals surface area contributed by atoms with Gasteiger partial charge in [0.05, 0.1) is 0 Å². The molecule has 0 N–H and O–H groups in total. The lowest BCUT2D eigenvalue weighted by molar-refractivity contribution is -0.0277. The Morgan fingerprint density at radius 3 is 2.50 bits per heavy atom. The highest BCUT2D eigenvalue weighted by atomic mass is 14.5. The molecule has 0 spiro atoms. The number of hydrogen-bond acceptors (Lipinski definition) is 0. The highest BCUT2D eigenvalue weighted by molar-refractivity contribution is 5.09. The quantitative estimate of drug-likeness (QED) is 0.499. The maximum Gasteiger partial charge on any atom is -0.0149 e. The predicted octanol–water partition coefficient (Wildman–Crippen LogP) is 4.42. The van der Waals surface area contributed by atoms with Gasteiger partial charge in [-0.2, -0.15) is 0 Å². The van der Waals surface area contributed by atoms with Crippen molar-refractivity contribution in [3.63, 3.8) is 0 Å². The van der Waals surface area contributed by atoms with Crippen molar-refractivity contribution in [3.05, 3.63) is 12.2 Å². The lowest BCUT2D eigenvalue weighted by Crippen LogP contribution is -2.46. The molecule has 2 unspecified atom stereocenters. The fourth-order valence-electron chi connectivity index (χ4n) is 3.36. The summed E-state index contributed by atoms with van der Waals surface area (Å²) in [4.78, 5) is 0. The first-order valence-corrected chi connectivity index (χ1v) is 6.12. The summed E-state index contributed by atoms with van der Waals surface area (Å²) in [6.07, 6.45) is 10.5. The van der Waals surface area contributed by atoms with E-state index in [1.54, 1.807) is 0 Å². The topological polar surface area (TPSA) is 0 Å². The Morgan fingerprint density at radius 2 is 1.79 bits per heavy atom. The van der Waals surface area contributed by atoms with Gasteiger partial charge in [0.25, 0.3) is 0 Å². The molecule has 0 bridgehead atoms. The maximum atomic E-state index is 2.51. The number of rotatable bonds is 0. The lowest BCUT2D eigenvalue weighted by atomic mass is 9.50. The normalized spacial score (nSPS) is 39.1. The summed E-state index contributed by atoms with van der Waals surface area (Å²) in [5.74, 6) is 1.81. The Labute approximate surface area is 88.8 Å². The fourth-order valence-corrected chi connectivity index (χ4v) is 3.36. The summed E-state index contributed by atoms with van der Waals surface area (Å²) < 4.78 is 0. The van der Waals surface area contributed by atoms with Crippen LogP contribution in [0.3, 0.4) is 0 Å². The first-order chi connectivity index (χ1) is 6.45. The Kier molecular flexibility index (Phi) is 2.28. The highest BCUT2D eigenvalue weighted by Crippen LogP contribution is 2.57. The van der Waals surface area contributed by atoms with Crippen LogP contribution < -0.4 is 0 Å². The minimum atomic E-state index is 0.479. The van der Waals surface area contributed by atoms with Gasteiger partial charge in [-0.3, -0.25) is 0 Å². The van der Waals surface area contributed by atoms with Gasteiger partial charge in [0.2, 0.25) is 0 Å². The molecule has 1 saturated carbocycles. The monoisotopic (exact) mass is 192 g/mol. The van der Waals surface area contributed by atoms with Gasteiger partial charge < -0.3 is 0 Å². The molecular weight excluding hydrogens is 168 g/mol. The van der Waals surface area contributed by atoms with Crippen LogP contribution in [-0.4, -0.2) is 0 Å². The minimum absolute atomic E-state index is 0.479. The van der Waals surface area contributed by atoms with E-state index < -0.39 is 0 Å². The Balaban J connectivity index is 2.31. The van der Waals surface area contributed by atoms with Crippen LogP contribution in [0.1, 0.15) is 53.4 Å². The van der Waals surface area contributed by atoms with Gasteiger partial charge in [-0.25, -0.2) is 0 Å². The molecule has 2 atom stereocenters. The van der Waals surface area contributed by atoms with Gasteiger partial charge in [-0.15, -0.1) is 0 Å². The molecule has 2 rings (SSSR count). The smallest absolute Gasteiger partial charge is 0.0149 e. The highest BCUT2D eigenvalue weighted by Gasteiger charge is 2.48. The van der Waals surface area contributed by atoms with Crippen LogP contribution in [0.15, 0.2) is 12.2 Å². The van der Waals surface area contributed by atoms with Crippen LogP contribution in [0.5, 0.6) is 0 Å². The fraction of sp³-hybridized carbons (Fsp3) is 0.857. The zero-order valence-electron chi connectivity index (χ0n) is 10.1. The molecule has 0 aromatic heterocycles. The van der Waals surface area contributed by atoms with Gasteiger partial charge >= 0.3 is 0 Å². The maximum absolute atomic E-state index is 2.51. The Bertz CT molecular complexity index is 245. The van der Waals surface area contributed by atoms with E-state index in [-0.39, 0.29) is 0 Å². The molecule has 80 valence electrons. The van der Waals surface area contributed by atoms with Crippen LogP contribution in [0, 0.1) is 22.7 Å². The van der Waals surface area contributed by atoms with E-state index in [9.17, 15) is 0 Å². The summed E-state index contributed by atoms with van der Waals surface area (Å²) >= 11 is 0. The minimum Gasteiger partial charge on any atom is -0.0882 e. The number of fused-ring (bicyclic) bond motifs is 1. The second-order valence-electron chi connectivity index (χ2n) is 6.44. The van der Waals surface area contributed by atoms with E-state index in [0.29, 0.717) is 10.8 Å². The van der Waals surface area contributed by atoms with Crippen LogP contribution in [0.4, 0.5) is 0 Å². The van der Waals surface area contributed by atoms with Crippen molar-refractivity contribution in [1.29, 1.82) is 0 Å². The summed E-state index contributed by atoms with van der Waals surface area (Å²) in [5, 5.41) is 0. The zero-order chi connectivity index (χ0) is 10.4. The average Bonchev–Trinajstić information content (AvgIpc) is 2.13. The lowest BCUT2D eigenvalue weighted by Gasteiger charge is -2.54. The summed E-state index contributed by atoms with van der Waals surface area (Å²) in [6.45, 7) is 9.84. The third kappa shape index (κ3) is 1.34. The van der Waals surface area contributed by atoms with E-state index >= 15 is 0 Å². The molecule has 0 aliphatic heterocycles. The van der Waals surface area contributed by atoms with Gasteiger partial charge in [-0.05, 0) is 48.3 Å². The van der Waals surface area contributed by atoms with Gasteiger partial charge in [-0.1, -0.05) is 39.8 Å². The van der Waals surface area contributed by atoms with E-state index in [2.05, 4.69) is 39.8 Å². The Hall–Kier alpha value is -0.260. The molecule has 2 aliphatic carbocycles. The first kappa shape index (κ1) is 10.3. The van der Waals surface area contributed by atoms with Crippen LogP contribution in [0.2, 0.25) is 0 Å². The molecule has 2 aliphatic rings. The summed E-state index contributed by atoms with van der Waals surface area (Å²) in [7, 11) is 0. The van der Waals surface area contributed by atoms with Gasteiger partial charge in [0.15, 0.2) is 0 Å². The standard InChI is InChI=1S/C14H24/c1-13(2)10-9-11-7-5-6-8-12(11)14(13,3)4/h6,8,11-12H,5,7,9-10H2,1-4H3. The van der Waals surface area contributed by atoms with E-state index in [0.717, 1.165) is 11.8 Å². The number of hydrogen-bond donors (Lipinski definition) is 0. The zero-order valence-corrected chi connectivity index (χ0v) is 10.1.